The molecule has 0 N–H and O–H groups in total. The number of aryl methyl sites for hydroxylation is 2. The molecule has 1 amide bonds. The molecule has 1 unspecified atom stereocenters. The molecule has 3 aliphatic rings. The zero-order valence-corrected chi connectivity index (χ0v) is 18.4. The van der Waals surface area contributed by atoms with Gasteiger partial charge in [0.2, 0.25) is 0 Å². The number of benzene rings is 1. The Hall–Kier alpha value is -3.29. The molecule has 2 bridgehead atoms. The van der Waals surface area contributed by atoms with E-state index >= 15 is 0 Å². The Labute approximate surface area is 186 Å². The lowest BCUT2D eigenvalue weighted by molar-refractivity contribution is -0.0673. The second kappa shape index (κ2) is 8.00. The maximum absolute atomic E-state index is 13.9. The summed E-state index contributed by atoms with van der Waals surface area (Å²) in [6, 6.07) is 9.81. The minimum Gasteiger partial charge on any atom is -0.491 e. The van der Waals surface area contributed by atoms with Gasteiger partial charge >= 0.3 is 0 Å². The number of fused-ring (bicyclic) bond motifs is 2. The molecule has 2 aromatic heterocycles. The van der Waals surface area contributed by atoms with Crippen molar-refractivity contribution in [3.63, 3.8) is 0 Å². The summed E-state index contributed by atoms with van der Waals surface area (Å²) in [5.74, 6) is 1.07. The van der Waals surface area contributed by atoms with Gasteiger partial charge < -0.3 is 9.64 Å². The topological polar surface area (TPSA) is 73.1 Å². The molecule has 8 heteroatoms. The first-order valence-corrected chi connectivity index (χ1v) is 11.0. The lowest BCUT2D eigenvalue weighted by Crippen LogP contribution is -2.64. The van der Waals surface area contributed by atoms with Crippen molar-refractivity contribution < 1.29 is 13.9 Å². The fraction of sp³-hybridized carbons (Fsp3) is 0.417. The summed E-state index contributed by atoms with van der Waals surface area (Å²) in [5, 5.41) is 8.21. The summed E-state index contributed by atoms with van der Waals surface area (Å²) < 4.78 is 20.8. The molecule has 3 fully saturated rings. The number of piperidine rings is 2. The van der Waals surface area contributed by atoms with Crippen LogP contribution in [0.3, 0.4) is 0 Å². The van der Waals surface area contributed by atoms with E-state index in [-0.39, 0.29) is 23.8 Å². The van der Waals surface area contributed by atoms with Crippen molar-refractivity contribution in [2.24, 2.45) is 11.8 Å². The molecular weight excluding hydrogens is 409 g/mol. The van der Waals surface area contributed by atoms with E-state index in [1.807, 2.05) is 30.9 Å². The highest BCUT2D eigenvalue weighted by Crippen LogP contribution is 2.47. The van der Waals surface area contributed by atoms with E-state index in [9.17, 15) is 9.18 Å². The monoisotopic (exact) mass is 435 g/mol. The Morgan fingerprint density at radius 1 is 1.12 bits per heavy atom. The molecule has 7 nitrogen and oxygen atoms in total. The quantitative estimate of drug-likeness (QED) is 0.611. The molecule has 0 spiro atoms. The third-order valence-corrected chi connectivity index (χ3v) is 6.79. The van der Waals surface area contributed by atoms with Crippen LogP contribution in [0.1, 0.15) is 41.6 Å². The molecule has 4 heterocycles. The summed E-state index contributed by atoms with van der Waals surface area (Å²) in [4.78, 5) is 20.5. The van der Waals surface area contributed by atoms with Crippen LogP contribution in [0.2, 0.25) is 0 Å². The number of carbonyl (C=O) groups is 1. The summed E-state index contributed by atoms with van der Waals surface area (Å²) >= 11 is 0. The van der Waals surface area contributed by atoms with E-state index < -0.39 is 0 Å². The normalized spacial score (nSPS) is 24.2. The molecule has 1 aliphatic carbocycles. The number of amides is 1. The molecule has 0 radical (unpaired) electrons. The van der Waals surface area contributed by atoms with Crippen LogP contribution in [0.4, 0.5) is 4.39 Å². The van der Waals surface area contributed by atoms with Crippen LogP contribution in [-0.4, -0.2) is 49.5 Å². The fourth-order valence-corrected chi connectivity index (χ4v) is 4.86. The number of pyridine rings is 1. The lowest BCUT2D eigenvalue weighted by atomic mass is 9.64. The van der Waals surface area contributed by atoms with Gasteiger partial charge in [-0.2, -0.15) is 0 Å². The molecule has 32 heavy (non-hydrogen) atoms. The van der Waals surface area contributed by atoms with Gasteiger partial charge in [0.1, 0.15) is 18.2 Å². The summed E-state index contributed by atoms with van der Waals surface area (Å²) in [7, 11) is 0. The summed E-state index contributed by atoms with van der Waals surface area (Å²) in [6.45, 7) is 6.27. The number of hydrogen-bond acceptors (Lipinski definition) is 5. The van der Waals surface area contributed by atoms with Crippen molar-refractivity contribution in [1.82, 2.24) is 24.9 Å². The van der Waals surface area contributed by atoms with Gasteiger partial charge in [0.15, 0.2) is 5.69 Å². The van der Waals surface area contributed by atoms with E-state index in [1.54, 1.807) is 23.0 Å². The number of halogens is 1. The van der Waals surface area contributed by atoms with Crippen molar-refractivity contribution in [1.29, 1.82) is 0 Å². The van der Waals surface area contributed by atoms with Gasteiger partial charge in [0.25, 0.3) is 5.91 Å². The van der Waals surface area contributed by atoms with Crippen molar-refractivity contribution in [2.45, 2.75) is 45.7 Å². The molecule has 1 saturated carbocycles. The van der Waals surface area contributed by atoms with Gasteiger partial charge in [0.05, 0.1) is 23.6 Å². The third-order valence-electron chi connectivity index (χ3n) is 6.79. The Kier molecular flexibility index (Phi) is 5.15. The predicted molar refractivity (Wildman–Crippen MR) is 116 cm³/mol. The van der Waals surface area contributed by atoms with Gasteiger partial charge in [-0.05, 0) is 74.9 Å². The number of ether oxygens (including phenoxy) is 1. The van der Waals surface area contributed by atoms with Crippen LogP contribution >= 0.6 is 0 Å². The highest BCUT2D eigenvalue weighted by molar-refractivity contribution is 5.96. The van der Waals surface area contributed by atoms with Crippen LogP contribution < -0.4 is 4.74 Å². The predicted octanol–water partition coefficient (Wildman–Crippen LogP) is 3.74. The minimum atomic E-state index is -0.303. The van der Waals surface area contributed by atoms with Gasteiger partial charge in [-0.25, -0.2) is 14.1 Å². The Morgan fingerprint density at radius 3 is 2.56 bits per heavy atom. The average Bonchev–Trinajstić information content (AvgIpc) is 3.18. The first kappa shape index (κ1) is 20.6. The largest absolute Gasteiger partial charge is 0.491 e. The number of nitrogens with zero attached hydrogens (tertiary/aromatic N) is 5. The fourth-order valence-electron chi connectivity index (χ4n) is 4.86. The van der Waals surface area contributed by atoms with Crippen molar-refractivity contribution >= 4 is 5.91 Å². The standard InChI is InChI=1S/C24H26FN5O2/c1-14-4-9-21(29-12-15(2)27-28-29)23(26-14)24(31)30-19-10-17(11-19)16(3)22(30)13-32-20-7-5-18(25)6-8-20/h4-9,12,16-17,19,22H,10-11,13H2,1-3H3/t16-,17?,19?,22?/m1/s1. The van der Waals surface area contributed by atoms with Gasteiger partial charge in [0, 0.05) is 11.7 Å². The van der Waals surface area contributed by atoms with Gasteiger partial charge in [-0.3, -0.25) is 4.79 Å². The zero-order valence-electron chi connectivity index (χ0n) is 18.4. The van der Waals surface area contributed by atoms with Gasteiger partial charge in [-0.15, -0.1) is 5.10 Å². The van der Waals surface area contributed by atoms with E-state index in [2.05, 4.69) is 22.2 Å². The molecule has 2 aliphatic heterocycles. The lowest BCUT2D eigenvalue weighted by Gasteiger charge is -2.57. The van der Waals surface area contributed by atoms with Crippen LogP contribution in [0, 0.1) is 31.5 Å². The Balaban J connectivity index is 1.46. The average molecular weight is 436 g/mol. The molecule has 3 aromatic rings. The maximum Gasteiger partial charge on any atom is 0.275 e. The van der Waals surface area contributed by atoms with Crippen molar-refractivity contribution in [3.05, 3.63) is 65.5 Å². The number of rotatable bonds is 5. The minimum absolute atomic E-state index is 0.0855. The van der Waals surface area contributed by atoms with Crippen molar-refractivity contribution in [3.8, 4) is 11.4 Å². The number of hydrogen-bond donors (Lipinski definition) is 0. The summed E-state index contributed by atoms with van der Waals surface area (Å²) in [6.07, 6.45) is 3.80. The smallest absolute Gasteiger partial charge is 0.275 e. The van der Waals surface area contributed by atoms with E-state index in [4.69, 9.17) is 4.74 Å². The van der Waals surface area contributed by atoms with Crippen LogP contribution in [0.5, 0.6) is 5.75 Å². The molecule has 2 saturated heterocycles. The van der Waals surface area contributed by atoms with Gasteiger partial charge in [-0.1, -0.05) is 12.1 Å². The Morgan fingerprint density at radius 2 is 1.88 bits per heavy atom. The van der Waals surface area contributed by atoms with Crippen LogP contribution in [0.25, 0.3) is 5.69 Å². The SMILES string of the molecule is Cc1cn(-c2ccc(C)nc2C(=O)N2C3CC(C3)[C@@H](C)C2COc2ccc(F)cc2)nn1. The van der Waals surface area contributed by atoms with Crippen LogP contribution in [0.15, 0.2) is 42.6 Å². The van der Waals surface area contributed by atoms with E-state index in [0.29, 0.717) is 35.6 Å². The number of aromatic nitrogens is 4. The molecule has 6 rings (SSSR count). The Bertz CT molecular complexity index is 1140. The molecule has 2 atom stereocenters. The molecular formula is C24H26FN5O2. The van der Waals surface area contributed by atoms with Crippen LogP contribution in [-0.2, 0) is 0 Å². The second-order valence-electron chi connectivity index (χ2n) is 8.91. The van der Waals surface area contributed by atoms with E-state index in [1.165, 1.54) is 12.1 Å². The van der Waals surface area contributed by atoms with E-state index in [0.717, 1.165) is 24.2 Å². The second-order valence-corrected chi connectivity index (χ2v) is 8.91. The van der Waals surface area contributed by atoms with Crippen molar-refractivity contribution in [2.75, 3.05) is 6.61 Å². The molecule has 1 aromatic carbocycles. The first-order chi connectivity index (χ1) is 15.4. The first-order valence-electron chi connectivity index (χ1n) is 11.0. The highest BCUT2D eigenvalue weighted by Gasteiger charge is 2.51. The maximum atomic E-state index is 13.9. The summed E-state index contributed by atoms with van der Waals surface area (Å²) in [5.41, 5.74) is 2.53. The molecule has 166 valence electrons. The zero-order chi connectivity index (χ0) is 22.4. The third kappa shape index (κ3) is 3.63. The highest BCUT2D eigenvalue weighted by atomic mass is 19.1. The number of carbonyl (C=O) groups excluding carboxylic acids is 1.